The van der Waals surface area contributed by atoms with E-state index in [1.165, 1.54) is 0 Å². The van der Waals surface area contributed by atoms with Crippen LogP contribution in [0.1, 0.15) is 35.1 Å². The second kappa shape index (κ2) is 8.52. The summed E-state index contributed by atoms with van der Waals surface area (Å²) in [6.07, 6.45) is 0.175. The van der Waals surface area contributed by atoms with E-state index in [1.54, 1.807) is 12.1 Å². The summed E-state index contributed by atoms with van der Waals surface area (Å²) in [5, 5.41) is 10.3. The Morgan fingerprint density at radius 2 is 1.61 bits per heavy atom. The number of nitrogens with one attached hydrogen (secondary N) is 2. The summed E-state index contributed by atoms with van der Waals surface area (Å²) in [5.74, 6) is -0.357. The number of aromatic nitrogens is 2. The average Bonchev–Trinajstić information content (AvgIpc) is 2.97. The molecule has 0 saturated carbocycles. The maximum Gasteiger partial charge on any atom is 0.251 e. The van der Waals surface area contributed by atoms with Crippen LogP contribution in [0.3, 0.4) is 0 Å². The van der Waals surface area contributed by atoms with Gasteiger partial charge in [0.15, 0.2) is 0 Å². The fraction of sp³-hybridized carbons (Fsp3) is 0.227. The summed E-state index contributed by atoms with van der Waals surface area (Å²) in [5.41, 5.74) is 3.82. The van der Waals surface area contributed by atoms with E-state index in [1.807, 2.05) is 74.0 Å². The number of anilines is 1. The third-order valence-electron chi connectivity index (χ3n) is 4.46. The van der Waals surface area contributed by atoms with Crippen molar-refractivity contribution in [3.63, 3.8) is 0 Å². The molecule has 0 aliphatic carbocycles. The first-order valence-corrected chi connectivity index (χ1v) is 9.23. The largest absolute Gasteiger partial charge is 0.349 e. The molecule has 0 bridgehead atoms. The Morgan fingerprint density at radius 3 is 2.25 bits per heavy atom. The van der Waals surface area contributed by atoms with Gasteiger partial charge in [-0.3, -0.25) is 9.59 Å². The molecule has 0 saturated heterocycles. The molecular weight excluding hydrogens is 352 g/mol. The molecule has 2 aromatic carbocycles. The molecule has 0 aliphatic rings. The SMILES string of the molecule is Cc1nn(-c2ccccc2)c(C)c1NC(=O)CC(C)NC(=O)c1ccccc1. The van der Waals surface area contributed by atoms with Crippen LogP contribution in [-0.4, -0.2) is 27.6 Å². The molecule has 1 unspecified atom stereocenters. The van der Waals surface area contributed by atoms with E-state index < -0.39 is 0 Å². The van der Waals surface area contributed by atoms with Gasteiger partial charge in [-0.05, 0) is 45.0 Å². The van der Waals surface area contributed by atoms with Gasteiger partial charge in [0.25, 0.3) is 5.91 Å². The van der Waals surface area contributed by atoms with Crippen LogP contribution in [-0.2, 0) is 4.79 Å². The topological polar surface area (TPSA) is 76.0 Å². The summed E-state index contributed by atoms with van der Waals surface area (Å²) >= 11 is 0. The van der Waals surface area contributed by atoms with Crippen molar-refractivity contribution in [3.8, 4) is 5.69 Å². The minimum absolute atomic E-state index is 0.167. The van der Waals surface area contributed by atoms with E-state index in [9.17, 15) is 9.59 Å². The lowest BCUT2D eigenvalue weighted by atomic mass is 10.1. The van der Waals surface area contributed by atoms with Crippen LogP contribution in [0.25, 0.3) is 5.69 Å². The maximum absolute atomic E-state index is 12.5. The molecular formula is C22H24N4O2. The van der Waals surface area contributed by atoms with Crippen LogP contribution in [0.5, 0.6) is 0 Å². The Kier molecular flexibility index (Phi) is 5.89. The van der Waals surface area contributed by atoms with Gasteiger partial charge in [-0.1, -0.05) is 36.4 Å². The van der Waals surface area contributed by atoms with Crippen molar-refractivity contribution in [1.29, 1.82) is 0 Å². The summed E-state index contributed by atoms with van der Waals surface area (Å²) in [6, 6.07) is 18.4. The second-order valence-electron chi connectivity index (χ2n) is 6.79. The first-order valence-electron chi connectivity index (χ1n) is 9.23. The van der Waals surface area contributed by atoms with Crippen LogP contribution < -0.4 is 10.6 Å². The standard InChI is InChI=1S/C22H24N4O2/c1-15(23-22(28)18-10-6-4-7-11-18)14-20(27)24-21-16(2)25-26(17(21)3)19-12-8-5-9-13-19/h4-13,15H,14H2,1-3H3,(H,23,28)(H,24,27). The van der Waals surface area contributed by atoms with Crippen molar-refractivity contribution in [2.45, 2.75) is 33.2 Å². The number of nitrogens with zero attached hydrogens (tertiary/aromatic N) is 2. The van der Waals surface area contributed by atoms with Gasteiger partial charge < -0.3 is 10.6 Å². The van der Waals surface area contributed by atoms with Gasteiger partial charge in [0.2, 0.25) is 5.91 Å². The Balaban J connectivity index is 1.63. The highest BCUT2D eigenvalue weighted by molar-refractivity contribution is 5.96. The molecule has 2 N–H and O–H groups in total. The van der Waals surface area contributed by atoms with Crippen LogP contribution in [0.2, 0.25) is 0 Å². The Morgan fingerprint density at radius 1 is 1.00 bits per heavy atom. The van der Waals surface area contributed by atoms with Crippen molar-refractivity contribution in [1.82, 2.24) is 15.1 Å². The third-order valence-corrected chi connectivity index (χ3v) is 4.46. The molecule has 2 amide bonds. The van der Waals surface area contributed by atoms with Gasteiger partial charge >= 0.3 is 0 Å². The number of hydrogen-bond donors (Lipinski definition) is 2. The first-order chi connectivity index (χ1) is 13.5. The summed E-state index contributed by atoms with van der Waals surface area (Å²) in [6.45, 7) is 5.60. The van der Waals surface area contributed by atoms with Crippen molar-refractivity contribution in [3.05, 3.63) is 77.6 Å². The normalized spacial score (nSPS) is 11.7. The van der Waals surface area contributed by atoms with Crippen LogP contribution in [0.15, 0.2) is 60.7 Å². The first kappa shape index (κ1) is 19.4. The van der Waals surface area contributed by atoms with Gasteiger partial charge in [0.05, 0.1) is 22.8 Å². The lowest BCUT2D eigenvalue weighted by molar-refractivity contribution is -0.116. The van der Waals surface area contributed by atoms with Gasteiger partial charge in [-0.15, -0.1) is 0 Å². The summed E-state index contributed by atoms with van der Waals surface area (Å²) in [7, 11) is 0. The number of carbonyl (C=O) groups excluding carboxylic acids is 2. The van der Waals surface area contributed by atoms with E-state index in [2.05, 4.69) is 15.7 Å². The van der Waals surface area contributed by atoms with E-state index >= 15 is 0 Å². The zero-order chi connectivity index (χ0) is 20.1. The minimum atomic E-state index is -0.294. The predicted molar refractivity (Wildman–Crippen MR) is 110 cm³/mol. The van der Waals surface area contributed by atoms with Gasteiger partial charge in [0, 0.05) is 18.0 Å². The minimum Gasteiger partial charge on any atom is -0.349 e. The molecule has 1 heterocycles. The van der Waals surface area contributed by atoms with Crippen LogP contribution in [0.4, 0.5) is 5.69 Å². The van der Waals surface area contributed by atoms with E-state index in [0.29, 0.717) is 11.3 Å². The number of amides is 2. The van der Waals surface area contributed by atoms with Crippen molar-refractivity contribution < 1.29 is 9.59 Å². The smallest absolute Gasteiger partial charge is 0.251 e. The van der Waals surface area contributed by atoms with Crippen LogP contribution in [0, 0.1) is 13.8 Å². The fourth-order valence-corrected chi connectivity index (χ4v) is 3.06. The van der Waals surface area contributed by atoms with E-state index in [0.717, 1.165) is 17.1 Å². The molecule has 3 rings (SSSR count). The maximum atomic E-state index is 12.5. The summed E-state index contributed by atoms with van der Waals surface area (Å²) in [4.78, 5) is 24.7. The van der Waals surface area contributed by atoms with Crippen molar-refractivity contribution in [2.75, 3.05) is 5.32 Å². The van der Waals surface area contributed by atoms with E-state index in [4.69, 9.17) is 0 Å². The number of carbonyl (C=O) groups is 2. The van der Waals surface area contributed by atoms with Crippen molar-refractivity contribution in [2.24, 2.45) is 0 Å². The fourth-order valence-electron chi connectivity index (χ4n) is 3.06. The Hall–Kier alpha value is -3.41. The highest BCUT2D eigenvalue weighted by Crippen LogP contribution is 2.23. The predicted octanol–water partition coefficient (Wildman–Crippen LogP) is 3.64. The third kappa shape index (κ3) is 4.46. The zero-order valence-corrected chi connectivity index (χ0v) is 16.3. The van der Waals surface area contributed by atoms with Gasteiger partial charge in [-0.25, -0.2) is 4.68 Å². The molecule has 6 nitrogen and oxygen atoms in total. The zero-order valence-electron chi connectivity index (χ0n) is 16.3. The Labute approximate surface area is 164 Å². The lowest BCUT2D eigenvalue weighted by Gasteiger charge is -2.14. The molecule has 0 fully saturated rings. The quantitative estimate of drug-likeness (QED) is 0.690. The second-order valence-corrected chi connectivity index (χ2v) is 6.79. The Bertz CT molecular complexity index is 965. The molecule has 3 aromatic rings. The molecule has 6 heteroatoms. The average molecular weight is 376 g/mol. The molecule has 1 atom stereocenters. The molecule has 0 spiro atoms. The molecule has 1 aromatic heterocycles. The van der Waals surface area contributed by atoms with E-state index in [-0.39, 0.29) is 24.3 Å². The van der Waals surface area contributed by atoms with Gasteiger partial charge in [0.1, 0.15) is 0 Å². The molecule has 0 radical (unpaired) electrons. The monoisotopic (exact) mass is 376 g/mol. The highest BCUT2D eigenvalue weighted by atomic mass is 16.2. The number of rotatable bonds is 6. The van der Waals surface area contributed by atoms with Crippen molar-refractivity contribution >= 4 is 17.5 Å². The van der Waals surface area contributed by atoms with Gasteiger partial charge in [-0.2, -0.15) is 5.10 Å². The molecule has 28 heavy (non-hydrogen) atoms. The number of benzene rings is 2. The summed E-state index contributed by atoms with van der Waals surface area (Å²) < 4.78 is 1.81. The number of para-hydroxylation sites is 1. The highest BCUT2D eigenvalue weighted by Gasteiger charge is 2.18. The van der Waals surface area contributed by atoms with Crippen LogP contribution >= 0.6 is 0 Å². The number of aryl methyl sites for hydroxylation is 1. The number of hydrogen-bond acceptors (Lipinski definition) is 3. The molecule has 0 aliphatic heterocycles. The lowest BCUT2D eigenvalue weighted by Crippen LogP contribution is -2.35. The molecule has 144 valence electrons.